The number of hydrogen-bond donors (Lipinski definition) is 1. The van der Waals surface area contributed by atoms with E-state index in [0.29, 0.717) is 16.3 Å². The van der Waals surface area contributed by atoms with Gasteiger partial charge < -0.3 is 5.32 Å². The van der Waals surface area contributed by atoms with Gasteiger partial charge in [-0.15, -0.1) is 0 Å². The Morgan fingerprint density at radius 1 is 1.32 bits per heavy atom. The van der Waals surface area contributed by atoms with E-state index in [1.807, 2.05) is 6.92 Å². The fraction of sp³-hybridized carbons (Fsp3) is 0.0769. The van der Waals surface area contributed by atoms with Crippen molar-refractivity contribution in [1.29, 1.82) is 0 Å². The number of amides is 1. The van der Waals surface area contributed by atoms with Crippen molar-refractivity contribution < 1.29 is 4.79 Å². The minimum Gasteiger partial charge on any atom is -0.319 e. The van der Waals surface area contributed by atoms with E-state index in [-0.39, 0.29) is 11.1 Å². The molecule has 0 bridgehead atoms. The Bertz CT molecular complexity index is 647. The smallest absolute Gasteiger partial charge is 0.255 e. The van der Waals surface area contributed by atoms with Gasteiger partial charge in [-0.2, -0.15) is 0 Å². The second-order valence-corrected chi connectivity index (χ2v) is 5.59. The van der Waals surface area contributed by atoms with Gasteiger partial charge in [0.05, 0.1) is 5.69 Å². The summed E-state index contributed by atoms with van der Waals surface area (Å²) in [6.07, 6.45) is 1.56. The molecule has 2 aromatic rings. The summed E-state index contributed by atoms with van der Waals surface area (Å²) in [5.74, 6) is -0.262. The van der Waals surface area contributed by atoms with Crippen molar-refractivity contribution in [3.8, 4) is 0 Å². The third kappa shape index (κ3) is 3.47. The molecule has 0 aliphatic carbocycles. The van der Waals surface area contributed by atoms with E-state index in [0.717, 1.165) is 10.0 Å². The van der Waals surface area contributed by atoms with Gasteiger partial charge in [0.2, 0.25) is 0 Å². The number of rotatable bonds is 2. The summed E-state index contributed by atoms with van der Waals surface area (Å²) >= 11 is 15.1. The van der Waals surface area contributed by atoms with E-state index in [9.17, 15) is 4.79 Å². The van der Waals surface area contributed by atoms with Crippen LogP contribution in [0.4, 0.5) is 5.69 Å². The number of benzene rings is 1. The first-order valence-corrected chi connectivity index (χ1v) is 6.91. The minimum atomic E-state index is -0.262. The summed E-state index contributed by atoms with van der Waals surface area (Å²) in [5.41, 5.74) is 1.80. The molecule has 1 amide bonds. The summed E-state index contributed by atoms with van der Waals surface area (Å²) in [4.78, 5) is 16.0. The Labute approximate surface area is 129 Å². The normalized spacial score (nSPS) is 10.3. The van der Waals surface area contributed by atoms with Crippen molar-refractivity contribution in [2.45, 2.75) is 6.92 Å². The number of aromatic nitrogens is 1. The van der Waals surface area contributed by atoms with E-state index < -0.39 is 0 Å². The number of pyridine rings is 1. The highest BCUT2D eigenvalue weighted by Crippen LogP contribution is 2.24. The number of nitrogens with zero attached hydrogens (tertiary/aromatic N) is 1. The largest absolute Gasteiger partial charge is 0.319 e. The molecular weight excluding hydrogens is 351 g/mol. The lowest BCUT2D eigenvalue weighted by Crippen LogP contribution is -2.12. The maximum Gasteiger partial charge on any atom is 0.255 e. The van der Waals surface area contributed by atoms with Gasteiger partial charge in [-0.1, -0.05) is 23.2 Å². The molecule has 1 heterocycles. The van der Waals surface area contributed by atoms with Crippen LogP contribution in [0.5, 0.6) is 0 Å². The summed E-state index contributed by atoms with van der Waals surface area (Å²) in [5, 5.41) is 3.57. The third-order valence-corrected chi connectivity index (χ3v) is 3.63. The highest BCUT2D eigenvalue weighted by Gasteiger charge is 2.10. The molecule has 6 heteroatoms. The van der Waals surface area contributed by atoms with Gasteiger partial charge in [0.15, 0.2) is 5.15 Å². The van der Waals surface area contributed by atoms with E-state index in [4.69, 9.17) is 23.2 Å². The average Bonchev–Trinajstić information content (AvgIpc) is 2.37. The molecule has 0 spiro atoms. The first-order chi connectivity index (χ1) is 8.97. The molecule has 0 fully saturated rings. The Hall–Kier alpha value is -1.10. The Balaban J connectivity index is 2.25. The molecule has 1 aromatic carbocycles. The summed E-state index contributed by atoms with van der Waals surface area (Å²) in [6, 6.07) is 6.75. The van der Waals surface area contributed by atoms with Crippen molar-refractivity contribution in [2.75, 3.05) is 5.32 Å². The van der Waals surface area contributed by atoms with Gasteiger partial charge in [-0.05, 0) is 52.7 Å². The van der Waals surface area contributed by atoms with Crippen molar-refractivity contribution in [3.63, 3.8) is 0 Å². The van der Waals surface area contributed by atoms with Crippen LogP contribution in [0, 0.1) is 6.92 Å². The predicted molar refractivity (Wildman–Crippen MR) is 81.1 cm³/mol. The van der Waals surface area contributed by atoms with Gasteiger partial charge in [-0.3, -0.25) is 4.79 Å². The highest BCUT2D eigenvalue weighted by atomic mass is 79.9. The molecule has 98 valence electrons. The summed E-state index contributed by atoms with van der Waals surface area (Å²) in [6.45, 7) is 1.84. The van der Waals surface area contributed by atoms with Crippen LogP contribution in [0.15, 0.2) is 34.9 Å². The molecular formula is C13H9BrCl2N2O. The second-order valence-electron chi connectivity index (χ2n) is 3.91. The van der Waals surface area contributed by atoms with E-state index in [1.165, 1.54) is 0 Å². The molecule has 0 saturated carbocycles. The first kappa shape index (κ1) is 14.3. The zero-order valence-electron chi connectivity index (χ0n) is 9.88. The molecule has 2 rings (SSSR count). The number of anilines is 1. The fourth-order valence-electron chi connectivity index (χ4n) is 1.49. The van der Waals surface area contributed by atoms with Crippen molar-refractivity contribution in [2.24, 2.45) is 0 Å². The number of halogens is 3. The van der Waals surface area contributed by atoms with Crippen molar-refractivity contribution in [1.82, 2.24) is 4.98 Å². The van der Waals surface area contributed by atoms with Crippen molar-refractivity contribution in [3.05, 3.63) is 56.2 Å². The zero-order valence-corrected chi connectivity index (χ0v) is 13.0. The lowest BCUT2D eigenvalue weighted by Gasteiger charge is -2.08. The highest BCUT2D eigenvalue weighted by molar-refractivity contribution is 9.10. The van der Waals surface area contributed by atoms with Crippen LogP contribution in [0.2, 0.25) is 10.2 Å². The molecule has 3 nitrogen and oxygen atoms in total. The molecule has 0 unspecified atom stereocenters. The van der Waals surface area contributed by atoms with Crippen LogP contribution in [-0.4, -0.2) is 10.9 Å². The van der Waals surface area contributed by atoms with E-state index >= 15 is 0 Å². The Kier molecular flexibility index (Phi) is 4.45. The van der Waals surface area contributed by atoms with Gasteiger partial charge >= 0.3 is 0 Å². The number of aryl methyl sites for hydroxylation is 1. The topological polar surface area (TPSA) is 42.0 Å². The number of nitrogens with one attached hydrogen (secondary N) is 1. The lowest BCUT2D eigenvalue weighted by atomic mass is 10.1. The van der Waals surface area contributed by atoms with Crippen LogP contribution in [0.3, 0.4) is 0 Å². The van der Waals surface area contributed by atoms with Gasteiger partial charge in [0, 0.05) is 21.3 Å². The van der Waals surface area contributed by atoms with Crippen LogP contribution in [0.1, 0.15) is 15.9 Å². The molecule has 0 aliphatic rings. The molecule has 1 aromatic heterocycles. The lowest BCUT2D eigenvalue weighted by molar-refractivity contribution is 0.102. The molecule has 19 heavy (non-hydrogen) atoms. The first-order valence-electron chi connectivity index (χ1n) is 5.36. The standard InChI is InChI=1S/C13H9BrCl2N2O/c1-7-4-8(2-3-10(7)15)13(19)18-11-5-9(14)6-17-12(11)16/h2-6H,1H3,(H,18,19). The van der Waals surface area contributed by atoms with Gasteiger partial charge in [0.25, 0.3) is 5.91 Å². The van der Waals surface area contributed by atoms with Crippen LogP contribution >= 0.6 is 39.1 Å². The third-order valence-electron chi connectivity index (χ3n) is 2.47. The van der Waals surface area contributed by atoms with E-state index in [1.54, 1.807) is 30.5 Å². The zero-order chi connectivity index (χ0) is 14.0. The second kappa shape index (κ2) is 5.90. The van der Waals surface area contributed by atoms with Gasteiger partial charge in [-0.25, -0.2) is 4.98 Å². The van der Waals surface area contributed by atoms with Crippen LogP contribution in [0.25, 0.3) is 0 Å². The van der Waals surface area contributed by atoms with Gasteiger partial charge in [0.1, 0.15) is 0 Å². The molecule has 0 radical (unpaired) electrons. The monoisotopic (exact) mass is 358 g/mol. The molecule has 0 atom stereocenters. The van der Waals surface area contributed by atoms with Crippen LogP contribution < -0.4 is 5.32 Å². The maximum absolute atomic E-state index is 12.1. The quantitative estimate of drug-likeness (QED) is 0.789. The average molecular weight is 360 g/mol. The van der Waals surface area contributed by atoms with Crippen LogP contribution in [-0.2, 0) is 0 Å². The fourth-order valence-corrected chi connectivity index (χ4v) is 2.09. The molecule has 1 N–H and O–H groups in total. The predicted octanol–water partition coefficient (Wildman–Crippen LogP) is 4.71. The van der Waals surface area contributed by atoms with E-state index in [2.05, 4.69) is 26.2 Å². The number of hydrogen-bond acceptors (Lipinski definition) is 2. The molecule has 0 saturated heterocycles. The molecule has 0 aliphatic heterocycles. The Morgan fingerprint density at radius 3 is 2.74 bits per heavy atom. The number of carbonyl (C=O) groups excluding carboxylic acids is 1. The minimum absolute atomic E-state index is 0.238. The van der Waals surface area contributed by atoms with Crippen molar-refractivity contribution >= 4 is 50.7 Å². The maximum atomic E-state index is 12.1. The SMILES string of the molecule is Cc1cc(C(=O)Nc2cc(Br)cnc2Cl)ccc1Cl. The summed E-state index contributed by atoms with van der Waals surface area (Å²) in [7, 11) is 0. The Morgan fingerprint density at radius 2 is 2.05 bits per heavy atom. The number of carbonyl (C=O) groups is 1. The summed E-state index contributed by atoms with van der Waals surface area (Å²) < 4.78 is 0.736.